The number of fused-ring (bicyclic) bond motifs is 1. The van der Waals surface area contributed by atoms with Crippen molar-refractivity contribution in [2.75, 3.05) is 13.1 Å². The molecule has 2 fully saturated rings. The first kappa shape index (κ1) is 11.4. The molecule has 2 atom stereocenters. The summed E-state index contributed by atoms with van der Waals surface area (Å²) >= 11 is 3.47. The summed E-state index contributed by atoms with van der Waals surface area (Å²) in [5.41, 5.74) is 1.41. The maximum Gasteiger partial charge on any atom is 0.135 e. The first-order chi connectivity index (χ1) is 8.22. The highest BCUT2D eigenvalue weighted by Gasteiger charge is 2.36. The van der Waals surface area contributed by atoms with E-state index in [1.807, 2.05) is 0 Å². The Morgan fingerprint density at radius 3 is 2.76 bits per heavy atom. The van der Waals surface area contributed by atoms with Gasteiger partial charge in [0.1, 0.15) is 5.78 Å². The number of Topliss-reactive ketones (excluding diaryl/α,β-unsaturated/α-hetero) is 1. The lowest BCUT2D eigenvalue weighted by molar-refractivity contribution is -0.122. The fourth-order valence-electron chi connectivity index (χ4n) is 3.08. The summed E-state index contributed by atoms with van der Waals surface area (Å²) in [7, 11) is 0. The zero-order chi connectivity index (χ0) is 11.8. The molecule has 0 amide bonds. The van der Waals surface area contributed by atoms with Crippen LogP contribution in [0.15, 0.2) is 28.7 Å². The Balaban J connectivity index is 1.75. The summed E-state index contributed by atoms with van der Waals surface area (Å²) in [6.07, 6.45) is 2.67. The van der Waals surface area contributed by atoms with Crippen LogP contribution in [0.5, 0.6) is 0 Å². The van der Waals surface area contributed by atoms with Crippen LogP contribution in [0, 0.1) is 0 Å². The van der Waals surface area contributed by atoms with Gasteiger partial charge >= 0.3 is 0 Å². The summed E-state index contributed by atoms with van der Waals surface area (Å²) in [6.45, 7) is 2.09. The Hall–Kier alpha value is -0.670. The van der Waals surface area contributed by atoms with Crippen molar-refractivity contribution in [2.45, 2.75) is 31.2 Å². The second kappa shape index (κ2) is 4.54. The third-order valence-electron chi connectivity index (χ3n) is 4.01. The number of rotatable bonds is 1. The normalized spacial score (nSPS) is 29.4. The van der Waals surface area contributed by atoms with Crippen LogP contribution < -0.4 is 0 Å². The van der Waals surface area contributed by atoms with Gasteiger partial charge in [-0.05, 0) is 30.0 Å². The molecule has 0 aliphatic carbocycles. The molecule has 0 radical (unpaired) electrons. The summed E-state index contributed by atoms with van der Waals surface area (Å²) in [5.74, 6) is 1.06. The van der Waals surface area contributed by atoms with Crippen LogP contribution in [-0.4, -0.2) is 29.8 Å². The Labute approximate surface area is 110 Å². The Kier molecular flexibility index (Phi) is 3.05. The molecule has 2 aliphatic heterocycles. The Bertz CT molecular complexity index is 428. The van der Waals surface area contributed by atoms with Gasteiger partial charge in [-0.2, -0.15) is 0 Å². The second-order valence-electron chi connectivity index (χ2n) is 5.13. The minimum Gasteiger partial charge on any atom is -0.300 e. The van der Waals surface area contributed by atoms with Crippen molar-refractivity contribution in [3.63, 3.8) is 0 Å². The van der Waals surface area contributed by atoms with Gasteiger partial charge in [-0.15, -0.1) is 0 Å². The third kappa shape index (κ3) is 2.31. The van der Waals surface area contributed by atoms with E-state index in [0.29, 0.717) is 17.7 Å². The number of carbonyl (C=O) groups is 1. The van der Waals surface area contributed by atoms with Crippen molar-refractivity contribution in [3.8, 4) is 0 Å². The molecule has 0 saturated carbocycles. The maximum atomic E-state index is 11.5. The molecule has 0 spiro atoms. The standard InChI is InChI=1S/C14H16BrNO/c15-12-3-1-10(2-4-12)11-7-13-8-14(17)5-6-16(13)9-11/h1-4,11,13H,5-9H2/t11-,13+/m1/s1. The summed E-state index contributed by atoms with van der Waals surface area (Å²) in [6, 6.07) is 9.13. The average molecular weight is 294 g/mol. The van der Waals surface area contributed by atoms with Gasteiger partial charge in [-0.25, -0.2) is 0 Å². The van der Waals surface area contributed by atoms with E-state index >= 15 is 0 Å². The molecule has 0 aromatic heterocycles. The van der Waals surface area contributed by atoms with Crippen molar-refractivity contribution in [1.82, 2.24) is 4.90 Å². The molecule has 0 N–H and O–H groups in total. The molecule has 0 bridgehead atoms. The largest absolute Gasteiger partial charge is 0.300 e. The van der Waals surface area contributed by atoms with Crippen molar-refractivity contribution < 1.29 is 4.79 Å². The quantitative estimate of drug-likeness (QED) is 0.793. The molecule has 2 nitrogen and oxygen atoms in total. The fraction of sp³-hybridized carbons (Fsp3) is 0.500. The molecule has 2 aliphatic rings. The molecule has 1 aromatic carbocycles. The number of benzene rings is 1. The highest BCUT2D eigenvalue weighted by Crippen LogP contribution is 2.35. The molecule has 2 saturated heterocycles. The van der Waals surface area contributed by atoms with E-state index in [0.717, 1.165) is 36.8 Å². The molecule has 3 heteroatoms. The number of hydrogen-bond donors (Lipinski definition) is 0. The smallest absolute Gasteiger partial charge is 0.135 e. The Morgan fingerprint density at radius 1 is 1.24 bits per heavy atom. The summed E-state index contributed by atoms with van der Waals surface area (Å²) < 4.78 is 1.13. The lowest BCUT2D eigenvalue weighted by Crippen LogP contribution is -2.38. The molecule has 90 valence electrons. The average Bonchev–Trinajstić information content (AvgIpc) is 2.72. The maximum absolute atomic E-state index is 11.5. The van der Waals surface area contributed by atoms with Crippen LogP contribution in [0.1, 0.15) is 30.7 Å². The predicted octanol–water partition coefficient (Wildman–Crippen LogP) is 2.97. The molecule has 1 aromatic rings. The van der Waals surface area contributed by atoms with Crippen molar-refractivity contribution in [3.05, 3.63) is 34.3 Å². The highest BCUT2D eigenvalue weighted by molar-refractivity contribution is 9.10. The van der Waals surface area contributed by atoms with Gasteiger partial charge in [0.25, 0.3) is 0 Å². The molecule has 2 heterocycles. The molecular formula is C14H16BrNO. The summed E-state index contributed by atoms with van der Waals surface area (Å²) in [5, 5.41) is 0. The number of halogens is 1. The Morgan fingerprint density at radius 2 is 2.00 bits per heavy atom. The van der Waals surface area contributed by atoms with E-state index < -0.39 is 0 Å². The van der Waals surface area contributed by atoms with Gasteiger partial charge in [0.2, 0.25) is 0 Å². The highest BCUT2D eigenvalue weighted by atomic mass is 79.9. The number of piperidine rings is 1. The van der Waals surface area contributed by atoms with Gasteiger partial charge < -0.3 is 0 Å². The van der Waals surface area contributed by atoms with Gasteiger partial charge in [-0.1, -0.05) is 28.1 Å². The third-order valence-corrected chi connectivity index (χ3v) is 4.54. The number of carbonyl (C=O) groups excluding carboxylic acids is 1. The van der Waals surface area contributed by atoms with Gasteiger partial charge in [-0.3, -0.25) is 9.69 Å². The van der Waals surface area contributed by atoms with Crippen LogP contribution in [0.4, 0.5) is 0 Å². The predicted molar refractivity (Wildman–Crippen MR) is 71.1 cm³/mol. The van der Waals surface area contributed by atoms with Gasteiger partial charge in [0.05, 0.1) is 0 Å². The topological polar surface area (TPSA) is 20.3 Å². The SMILES string of the molecule is O=C1CCN2C[C@H](c3ccc(Br)cc3)C[C@H]2C1. The summed E-state index contributed by atoms with van der Waals surface area (Å²) in [4.78, 5) is 14.0. The number of hydrogen-bond acceptors (Lipinski definition) is 2. The van der Waals surface area contributed by atoms with Gasteiger partial charge in [0.15, 0.2) is 0 Å². The second-order valence-corrected chi connectivity index (χ2v) is 6.04. The van der Waals surface area contributed by atoms with E-state index in [1.54, 1.807) is 0 Å². The van der Waals surface area contributed by atoms with E-state index in [2.05, 4.69) is 45.1 Å². The van der Waals surface area contributed by atoms with E-state index in [1.165, 1.54) is 5.56 Å². The van der Waals surface area contributed by atoms with Crippen molar-refractivity contribution in [1.29, 1.82) is 0 Å². The van der Waals surface area contributed by atoms with E-state index in [4.69, 9.17) is 0 Å². The van der Waals surface area contributed by atoms with Crippen LogP contribution in [0.25, 0.3) is 0 Å². The first-order valence-electron chi connectivity index (χ1n) is 6.23. The molecular weight excluding hydrogens is 278 g/mol. The molecule has 0 unspecified atom stereocenters. The fourth-order valence-corrected chi connectivity index (χ4v) is 3.34. The van der Waals surface area contributed by atoms with Gasteiger partial charge in [0, 0.05) is 36.4 Å². The number of ketones is 1. The number of nitrogens with zero attached hydrogens (tertiary/aromatic N) is 1. The monoisotopic (exact) mass is 293 g/mol. The lowest BCUT2D eigenvalue weighted by Gasteiger charge is -2.27. The minimum atomic E-state index is 0.447. The zero-order valence-corrected chi connectivity index (χ0v) is 11.3. The molecule has 3 rings (SSSR count). The van der Waals surface area contributed by atoms with Crippen LogP contribution in [0.3, 0.4) is 0 Å². The van der Waals surface area contributed by atoms with Crippen LogP contribution in [-0.2, 0) is 4.79 Å². The van der Waals surface area contributed by atoms with Crippen molar-refractivity contribution >= 4 is 21.7 Å². The zero-order valence-electron chi connectivity index (χ0n) is 9.73. The van der Waals surface area contributed by atoms with Crippen LogP contribution in [0.2, 0.25) is 0 Å². The molecule has 17 heavy (non-hydrogen) atoms. The van der Waals surface area contributed by atoms with E-state index in [9.17, 15) is 4.79 Å². The lowest BCUT2D eigenvalue weighted by atomic mass is 9.94. The van der Waals surface area contributed by atoms with Crippen LogP contribution >= 0.6 is 15.9 Å². The first-order valence-corrected chi connectivity index (χ1v) is 7.03. The van der Waals surface area contributed by atoms with E-state index in [-0.39, 0.29) is 0 Å². The van der Waals surface area contributed by atoms with Crippen molar-refractivity contribution in [2.24, 2.45) is 0 Å². The minimum absolute atomic E-state index is 0.447.